The van der Waals surface area contributed by atoms with Gasteiger partial charge in [0.25, 0.3) is 0 Å². The number of hydrogen-bond donors (Lipinski definition) is 0. The van der Waals surface area contributed by atoms with Crippen LogP contribution in [0.5, 0.6) is 0 Å². The molecule has 1 radical (unpaired) electrons. The molecule has 0 bridgehead atoms. The third kappa shape index (κ3) is 4.21. The molecule has 0 saturated carbocycles. The van der Waals surface area contributed by atoms with Crippen LogP contribution in [0.1, 0.15) is 34.6 Å². The first-order valence-corrected chi connectivity index (χ1v) is 13.4. The second-order valence-electron chi connectivity index (χ2n) is 3.57. The second-order valence-corrected chi connectivity index (χ2v) is 13.6. The summed E-state index contributed by atoms with van der Waals surface area (Å²) < 4.78 is 1.89. The van der Waals surface area contributed by atoms with Crippen molar-refractivity contribution in [3.63, 3.8) is 0 Å². The Hall–Kier alpha value is 0.943. The van der Waals surface area contributed by atoms with Crippen molar-refractivity contribution in [2.45, 2.75) is 39.3 Å². The quantitative estimate of drug-likeness (QED) is 0.575. The van der Waals surface area contributed by atoms with E-state index in [1.54, 1.807) is 0 Å². The van der Waals surface area contributed by atoms with E-state index in [9.17, 15) is 0 Å². The average molecular weight is 312 g/mol. The first-order valence-electron chi connectivity index (χ1n) is 4.63. The normalized spacial score (nSPS) is 17.1. The Labute approximate surface area is 103 Å². The first-order chi connectivity index (χ1) is 6.29. The minimum absolute atomic E-state index is 1.47. The predicted molar refractivity (Wildman–Crippen MR) is 63.2 cm³/mol. The van der Waals surface area contributed by atoms with Crippen LogP contribution >= 0.6 is 17.0 Å². The summed E-state index contributed by atoms with van der Waals surface area (Å²) in [5, 5.41) is 0. The maximum atomic E-state index is 5.24. The van der Waals surface area contributed by atoms with E-state index in [-0.39, 0.29) is 0 Å². The summed E-state index contributed by atoms with van der Waals surface area (Å²) in [6.07, 6.45) is 0. The van der Waals surface area contributed by atoms with Crippen molar-refractivity contribution >= 4 is 17.0 Å². The molecule has 0 fully saturated rings. The topological polar surface area (TPSA) is 0 Å². The third-order valence-corrected chi connectivity index (χ3v) is 2.81. The molecule has 0 heterocycles. The molecule has 0 aliphatic heterocycles. The van der Waals surface area contributed by atoms with Gasteiger partial charge in [-0.25, -0.2) is 0 Å². The second kappa shape index (κ2) is 6.51. The Morgan fingerprint density at radius 1 is 0.714 bits per heavy atom. The summed E-state index contributed by atoms with van der Waals surface area (Å²) in [6.45, 7) is 11.0. The van der Waals surface area contributed by atoms with Gasteiger partial charge in [-0.05, 0) is 38.8 Å². The molecule has 0 aromatic heterocycles. The van der Waals surface area contributed by atoms with Crippen LogP contribution in [0.4, 0.5) is 0 Å². The number of halogens is 2. The average Bonchev–Trinajstić information content (AvgIpc) is 2.23. The molecule has 0 unspecified atom stereocenters. The van der Waals surface area contributed by atoms with Crippen LogP contribution in [0, 0.1) is 5.92 Å². The minimum atomic E-state index is -1.60. The molecule has 3 heteroatoms. The number of rotatable bonds is 0. The Balaban J connectivity index is 0.000000364. The van der Waals surface area contributed by atoms with Crippen molar-refractivity contribution in [3.8, 4) is 0 Å². The van der Waals surface area contributed by atoms with Crippen molar-refractivity contribution in [2.75, 3.05) is 0 Å². The molecule has 0 N–H and O–H groups in total. The summed E-state index contributed by atoms with van der Waals surface area (Å²) in [5.74, 6) is 1.47. The number of hydrogen-bond acceptors (Lipinski definition) is 0. The zero-order chi connectivity index (χ0) is 11.5. The Morgan fingerprint density at radius 2 is 0.929 bits per heavy atom. The summed E-state index contributed by atoms with van der Waals surface area (Å²) in [7, 11) is 10.5. The van der Waals surface area contributed by atoms with Gasteiger partial charge in [-0.1, -0.05) is 18.1 Å². The van der Waals surface area contributed by atoms with Gasteiger partial charge in [0, 0.05) is 5.92 Å². The van der Waals surface area contributed by atoms with Crippen LogP contribution in [-0.2, 0) is 19.4 Å². The van der Waals surface area contributed by atoms with Crippen LogP contribution in [0.2, 0.25) is 4.63 Å². The molecule has 0 saturated heterocycles. The van der Waals surface area contributed by atoms with Crippen LogP contribution in [-0.4, -0.2) is 0 Å². The fourth-order valence-electron chi connectivity index (χ4n) is 1.41. The van der Waals surface area contributed by atoms with Gasteiger partial charge in [0.05, 0.1) is 0 Å². The van der Waals surface area contributed by atoms with Gasteiger partial charge in [-0.3, -0.25) is 0 Å². The fraction of sp³-hybridized carbons (Fsp3) is 0.545. The molecule has 0 aromatic carbocycles. The van der Waals surface area contributed by atoms with E-state index >= 15 is 0 Å². The van der Waals surface area contributed by atoms with E-state index in [2.05, 4.69) is 34.6 Å². The van der Waals surface area contributed by atoms with E-state index in [0.717, 1.165) is 0 Å². The Kier molecular flexibility index (Phi) is 6.95. The van der Waals surface area contributed by atoms with Crippen molar-refractivity contribution in [1.29, 1.82) is 0 Å². The molecule has 0 spiro atoms. The summed E-state index contributed by atoms with van der Waals surface area (Å²) in [5.41, 5.74) is 5.87. The first kappa shape index (κ1) is 14.9. The fourth-order valence-corrected chi connectivity index (χ4v) is 1.41. The van der Waals surface area contributed by atoms with Crippen LogP contribution in [0.25, 0.3) is 0 Å². The molecule has 1 aliphatic carbocycles. The molecule has 0 nitrogen and oxygen atoms in total. The van der Waals surface area contributed by atoms with E-state index in [0.29, 0.717) is 0 Å². The van der Waals surface area contributed by atoms with Gasteiger partial charge < -0.3 is 0 Å². The van der Waals surface area contributed by atoms with Gasteiger partial charge >= 0.3 is 41.0 Å². The molecule has 0 amide bonds. The SMILES string of the molecule is C[C]1C(C)=C(C)C(C)=C1C.[CH3][Zr]([Cl])[Cl]. The van der Waals surface area contributed by atoms with Crippen LogP contribution in [0.15, 0.2) is 22.3 Å². The van der Waals surface area contributed by atoms with E-state index in [1.807, 2.05) is 4.63 Å². The van der Waals surface area contributed by atoms with Crippen LogP contribution < -0.4 is 0 Å². The summed E-state index contributed by atoms with van der Waals surface area (Å²) >= 11 is -1.60. The zero-order valence-electron chi connectivity index (χ0n) is 9.76. The summed E-state index contributed by atoms with van der Waals surface area (Å²) in [6, 6.07) is 0. The molecule has 14 heavy (non-hydrogen) atoms. The maximum absolute atomic E-state index is 5.24. The standard InChI is InChI=1S/C10H15.CH3.2ClH.Zr/c1-6-7(2)9(4)10(5)8(6)3;;;;/h1-5H3;1H3;2*1H;/q;;;;+2/p-2. The van der Waals surface area contributed by atoms with Crippen molar-refractivity contribution in [3.05, 3.63) is 28.2 Å². The molecule has 0 aromatic rings. The van der Waals surface area contributed by atoms with Crippen LogP contribution in [0.3, 0.4) is 0 Å². The van der Waals surface area contributed by atoms with Gasteiger partial charge in [-0.2, -0.15) is 0 Å². The molecular formula is C11H18Cl2Zr. The van der Waals surface area contributed by atoms with Gasteiger partial charge in [0.15, 0.2) is 0 Å². The van der Waals surface area contributed by atoms with Crippen molar-refractivity contribution in [1.82, 2.24) is 0 Å². The van der Waals surface area contributed by atoms with E-state index in [1.165, 1.54) is 28.2 Å². The Bertz CT molecular complexity index is 238. The monoisotopic (exact) mass is 310 g/mol. The molecule has 80 valence electrons. The predicted octanol–water partition coefficient (Wildman–Crippen LogP) is 5.23. The molecular weight excluding hydrogens is 294 g/mol. The van der Waals surface area contributed by atoms with Gasteiger partial charge in [0.1, 0.15) is 0 Å². The van der Waals surface area contributed by atoms with Gasteiger partial charge in [0.2, 0.25) is 0 Å². The summed E-state index contributed by atoms with van der Waals surface area (Å²) in [4.78, 5) is 0. The third-order valence-electron chi connectivity index (χ3n) is 2.81. The van der Waals surface area contributed by atoms with E-state index in [4.69, 9.17) is 17.0 Å². The molecule has 0 atom stereocenters. The van der Waals surface area contributed by atoms with E-state index < -0.39 is 19.4 Å². The molecule has 1 aliphatic rings. The molecule has 1 rings (SSSR count). The Morgan fingerprint density at radius 3 is 1.00 bits per heavy atom. The number of allylic oxidation sites excluding steroid dienone is 4. The van der Waals surface area contributed by atoms with Crippen molar-refractivity contribution < 1.29 is 19.4 Å². The zero-order valence-corrected chi connectivity index (χ0v) is 13.7. The van der Waals surface area contributed by atoms with Gasteiger partial charge in [-0.15, -0.1) is 0 Å². The van der Waals surface area contributed by atoms with Crippen molar-refractivity contribution in [2.24, 2.45) is 0 Å².